The van der Waals surface area contributed by atoms with Crippen molar-refractivity contribution in [1.82, 2.24) is 5.32 Å². The fraction of sp³-hybridized carbons (Fsp3) is 0.500. The molecule has 0 bridgehead atoms. The quantitative estimate of drug-likeness (QED) is 0.799. The molecule has 0 radical (unpaired) electrons. The van der Waals surface area contributed by atoms with Crippen LogP contribution in [0.15, 0.2) is 35.9 Å². The molecule has 1 aromatic carbocycles. The minimum atomic E-state index is -2.83. The van der Waals surface area contributed by atoms with E-state index < -0.39 is 6.61 Å². The molecular weight excluding hydrogens is 300 g/mol. The molecule has 5 heteroatoms. The van der Waals surface area contributed by atoms with Crippen LogP contribution in [0, 0.1) is 17.3 Å². The van der Waals surface area contributed by atoms with Crippen molar-refractivity contribution < 1.29 is 18.3 Å². The zero-order valence-electron chi connectivity index (χ0n) is 13.9. The zero-order chi connectivity index (χ0) is 17.2. The maximum absolute atomic E-state index is 12.3. The van der Waals surface area contributed by atoms with Crippen molar-refractivity contribution in [3.63, 3.8) is 0 Å². The number of carbonyl (C=O) groups excluding carboxylic acids is 1. The molecule has 1 aliphatic rings. The third kappa shape index (κ3) is 4.30. The third-order valence-corrected chi connectivity index (χ3v) is 4.32. The number of amides is 1. The Balaban J connectivity index is 1.89. The Bertz CT molecular complexity index is 590. The summed E-state index contributed by atoms with van der Waals surface area (Å²) in [5.74, 6) is 0.403. The first-order chi connectivity index (χ1) is 10.7. The number of hydrogen-bond acceptors (Lipinski definition) is 2. The SMILES string of the molecule is CC(C)=C[C@H]1[C@H](C(=O)NCc2ccc(OC(F)F)cc2)C1(C)C. The van der Waals surface area contributed by atoms with Gasteiger partial charge < -0.3 is 10.1 Å². The number of benzene rings is 1. The smallest absolute Gasteiger partial charge is 0.387 e. The summed E-state index contributed by atoms with van der Waals surface area (Å²) in [4.78, 5) is 12.3. The molecular formula is C18H23F2NO2. The highest BCUT2D eigenvalue weighted by molar-refractivity contribution is 5.83. The number of ether oxygens (including phenoxy) is 1. The molecule has 1 amide bonds. The number of hydrogen-bond donors (Lipinski definition) is 1. The molecule has 0 aliphatic heterocycles. The molecule has 2 rings (SSSR count). The van der Waals surface area contributed by atoms with Gasteiger partial charge in [0, 0.05) is 6.54 Å². The van der Waals surface area contributed by atoms with Gasteiger partial charge in [-0.1, -0.05) is 37.6 Å². The average Bonchev–Trinajstić information content (AvgIpc) is 2.97. The van der Waals surface area contributed by atoms with E-state index in [2.05, 4.69) is 30.0 Å². The number of rotatable bonds is 6. The van der Waals surface area contributed by atoms with Gasteiger partial charge in [0.15, 0.2) is 0 Å². The normalized spacial score (nSPS) is 21.7. The van der Waals surface area contributed by atoms with Crippen LogP contribution >= 0.6 is 0 Å². The Kier molecular flexibility index (Phi) is 5.07. The second kappa shape index (κ2) is 6.69. The number of carbonyl (C=O) groups is 1. The highest BCUT2D eigenvalue weighted by atomic mass is 19.3. The standard InChI is InChI=1S/C18H23F2NO2/c1-11(2)9-14-15(18(14,3)4)16(22)21-10-12-5-7-13(8-6-12)23-17(19)20/h5-9,14-15,17H,10H2,1-4H3,(H,21,22)/t14-,15+/m0/s1. The summed E-state index contributed by atoms with van der Waals surface area (Å²) >= 11 is 0. The van der Waals surface area contributed by atoms with E-state index in [0.29, 0.717) is 6.54 Å². The van der Waals surface area contributed by atoms with Gasteiger partial charge in [-0.2, -0.15) is 8.78 Å². The fourth-order valence-electron chi connectivity index (χ4n) is 2.94. The van der Waals surface area contributed by atoms with Gasteiger partial charge in [0.25, 0.3) is 0 Å². The summed E-state index contributed by atoms with van der Waals surface area (Å²) in [6.07, 6.45) is 2.15. The lowest BCUT2D eigenvalue weighted by Crippen LogP contribution is -2.26. The van der Waals surface area contributed by atoms with Gasteiger partial charge in [-0.05, 0) is 42.9 Å². The third-order valence-electron chi connectivity index (χ3n) is 4.32. The topological polar surface area (TPSA) is 38.3 Å². The van der Waals surface area contributed by atoms with E-state index >= 15 is 0 Å². The monoisotopic (exact) mass is 323 g/mol. The molecule has 2 atom stereocenters. The first kappa shape index (κ1) is 17.4. The summed E-state index contributed by atoms with van der Waals surface area (Å²) in [5, 5.41) is 2.92. The molecule has 1 saturated carbocycles. The Morgan fingerprint density at radius 3 is 2.43 bits per heavy atom. The van der Waals surface area contributed by atoms with E-state index in [0.717, 1.165) is 5.56 Å². The van der Waals surface area contributed by atoms with Crippen LogP contribution < -0.4 is 10.1 Å². The van der Waals surface area contributed by atoms with E-state index in [4.69, 9.17) is 0 Å². The van der Waals surface area contributed by atoms with Crippen LogP contribution in [0.1, 0.15) is 33.3 Å². The van der Waals surface area contributed by atoms with Crippen LogP contribution in [0.3, 0.4) is 0 Å². The van der Waals surface area contributed by atoms with Crippen molar-refractivity contribution >= 4 is 5.91 Å². The predicted molar refractivity (Wildman–Crippen MR) is 85.1 cm³/mol. The van der Waals surface area contributed by atoms with Gasteiger partial charge in [0.05, 0.1) is 5.92 Å². The van der Waals surface area contributed by atoms with E-state index in [1.807, 2.05) is 13.8 Å². The van der Waals surface area contributed by atoms with E-state index in [-0.39, 0.29) is 28.9 Å². The Labute approximate surface area is 135 Å². The predicted octanol–water partition coefficient (Wildman–Crippen LogP) is 4.14. The Morgan fingerprint density at radius 2 is 1.91 bits per heavy atom. The molecule has 0 spiro atoms. The molecule has 126 valence electrons. The van der Waals surface area contributed by atoms with Gasteiger partial charge in [-0.25, -0.2) is 0 Å². The fourth-order valence-corrected chi connectivity index (χ4v) is 2.94. The second-order valence-corrected chi connectivity index (χ2v) is 6.81. The first-order valence-corrected chi connectivity index (χ1v) is 7.68. The van der Waals surface area contributed by atoms with E-state index in [1.54, 1.807) is 12.1 Å². The van der Waals surface area contributed by atoms with Crippen molar-refractivity contribution in [2.45, 2.75) is 40.9 Å². The molecule has 0 aromatic heterocycles. The summed E-state index contributed by atoms with van der Waals surface area (Å²) in [5.41, 5.74) is 2.04. The van der Waals surface area contributed by atoms with Crippen LogP contribution in [0.4, 0.5) is 8.78 Å². The van der Waals surface area contributed by atoms with Crippen molar-refractivity contribution in [1.29, 1.82) is 0 Å². The second-order valence-electron chi connectivity index (χ2n) is 6.81. The summed E-state index contributed by atoms with van der Waals surface area (Å²) in [6, 6.07) is 6.29. The highest BCUT2D eigenvalue weighted by Crippen LogP contribution is 2.59. The molecule has 0 saturated heterocycles. The van der Waals surface area contributed by atoms with Gasteiger partial charge >= 0.3 is 6.61 Å². The lowest BCUT2D eigenvalue weighted by atomic mass is 10.1. The van der Waals surface area contributed by atoms with Gasteiger partial charge in [0.2, 0.25) is 5.91 Å². The van der Waals surface area contributed by atoms with Crippen molar-refractivity contribution in [2.24, 2.45) is 17.3 Å². The molecule has 1 N–H and O–H groups in total. The maximum atomic E-state index is 12.3. The van der Waals surface area contributed by atoms with Crippen molar-refractivity contribution in [2.75, 3.05) is 0 Å². The molecule has 0 heterocycles. The lowest BCUT2D eigenvalue weighted by molar-refractivity contribution is -0.123. The van der Waals surface area contributed by atoms with Crippen LogP contribution in [-0.4, -0.2) is 12.5 Å². The van der Waals surface area contributed by atoms with Crippen LogP contribution in [0.25, 0.3) is 0 Å². The van der Waals surface area contributed by atoms with Crippen molar-refractivity contribution in [3.8, 4) is 5.75 Å². The minimum Gasteiger partial charge on any atom is -0.435 e. The highest BCUT2D eigenvalue weighted by Gasteiger charge is 2.60. The van der Waals surface area contributed by atoms with E-state index in [1.165, 1.54) is 17.7 Å². The van der Waals surface area contributed by atoms with Gasteiger partial charge in [0.1, 0.15) is 5.75 Å². The number of halogens is 2. The molecule has 0 unspecified atom stereocenters. The van der Waals surface area contributed by atoms with Crippen LogP contribution in [0.2, 0.25) is 0 Å². The molecule has 1 fully saturated rings. The Morgan fingerprint density at radius 1 is 1.30 bits per heavy atom. The van der Waals surface area contributed by atoms with Crippen molar-refractivity contribution in [3.05, 3.63) is 41.5 Å². The Hall–Kier alpha value is -1.91. The number of allylic oxidation sites excluding steroid dienone is 2. The molecule has 1 aromatic rings. The molecule has 3 nitrogen and oxygen atoms in total. The lowest BCUT2D eigenvalue weighted by Gasteiger charge is -2.08. The van der Waals surface area contributed by atoms with Gasteiger partial charge in [-0.3, -0.25) is 4.79 Å². The van der Waals surface area contributed by atoms with Gasteiger partial charge in [-0.15, -0.1) is 0 Å². The molecule has 23 heavy (non-hydrogen) atoms. The minimum absolute atomic E-state index is 0.0150. The summed E-state index contributed by atoms with van der Waals surface area (Å²) in [6.45, 7) is 5.81. The van der Waals surface area contributed by atoms with Crippen LogP contribution in [-0.2, 0) is 11.3 Å². The zero-order valence-corrected chi connectivity index (χ0v) is 13.9. The largest absolute Gasteiger partial charge is 0.435 e. The number of alkyl halides is 2. The summed E-state index contributed by atoms with van der Waals surface area (Å²) < 4.78 is 28.5. The molecule has 1 aliphatic carbocycles. The van der Waals surface area contributed by atoms with E-state index in [9.17, 15) is 13.6 Å². The number of nitrogens with one attached hydrogen (secondary N) is 1. The van der Waals surface area contributed by atoms with Crippen LogP contribution in [0.5, 0.6) is 5.75 Å². The first-order valence-electron chi connectivity index (χ1n) is 7.68. The summed E-state index contributed by atoms with van der Waals surface area (Å²) in [7, 11) is 0. The maximum Gasteiger partial charge on any atom is 0.387 e. The average molecular weight is 323 g/mol.